The standard InChI is InChI=1S/C21H28FN3O3P4/c1-11-6-5-7-13(19(25-27-4)20(26)23-3)15(11)10-28-24-12(2)14-8-17(22)18(29)9-16(14)21(30,31)32/h5-9H,10,29-32H2,1-4H3,(H,23,26)/b24-12+,25-19+. The van der Waals surface area contributed by atoms with Crippen LogP contribution < -0.4 is 10.6 Å². The van der Waals surface area contributed by atoms with Gasteiger partial charge < -0.3 is 15.0 Å². The molecule has 2 aromatic carbocycles. The van der Waals surface area contributed by atoms with Crippen LogP contribution in [-0.2, 0) is 25.7 Å². The maximum Gasteiger partial charge on any atom is 0.273 e. The summed E-state index contributed by atoms with van der Waals surface area (Å²) in [6.45, 7) is 3.75. The van der Waals surface area contributed by atoms with Crippen molar-refractivity contribution in [1.82, 2.24) is 5.32 Å². The highest BCUT2D eigenvalue weighted by Crippen LogP contribution is 2.46. The molecule has 0 aliphatic heterocycles. The molecule has 1 amide bonds. The van der Waals surface area contributed by atoms with Gasteiger partial charge in [-0.15, -0.1) is 37.0 Å². The number of carbonyl (C=O) groups is 1. The van der Waals surface area contributed by atoms with Gasteiger partial charge in [-0.25, -0.2) is 4.39 Å². The molecule has 32 heavy (non-hydrogen) atoms. The number of aryl methyl sites for hydroxylation is 1. The van der Waals surface area contributed by atoms with Crippen molar-refractivity contribution >= 4 is 59.6 Å². The zero-order chi connectivity index (χ0) is 24.1. The van der Waals surface area contributed by atoms with Crippen molar-refractivity contribution in [2.24, 2.45) is 10.3 Å². The largest absolute Gasteiger partial charge is 0.398 e. The van der Waals surface area contributed by atoms with Crippen LogP contribution in [0.2, 0.25) is 0 Å². The predicted molar refractivity (Wildman–Crippen MR) is 142 cm³/mol. The molecule has 2 aromatic rings. The Balaban J connectivity index is 2.40. The first-order valence-electron chi connectivity index (χ1n) is 9.56. The molecule has 0 fully saturated rings. The van der Waals surface area contributed by atoms with Crippen LogP contribution in [0.3, 0.4) is 0 Å². The van der Waals surface area contributed by atoms with E-state index in [0.29, 0.717) is 22.1 Å². The monoisotopic (exact) mass is 513 g/mol. The number of nitrogens with one attached hydrogen (secondary N) is 1. The Bertz CT molecular complexity index is 1070. The molecule has 0 bridgehead atoms. The molecule has 2 rings (SSSR count). The first kappa shape index (κ1) is 26.7. The number of hydrogen-bond acceptors (Lipinski definition) is 5. The third-order valence-electron chi connectivity index (χ3n) is 4.69. The first-order valence-corrected chi connectivity index (χ1v) is 11.9. The summed E-state index contributed by atoms with van der Waals surface area (Å²) < 4.78 is 13.8. The van der Waals surface area contributed by atoms with Crippen molar-refractivity contribution in [3.63, 3.8) is 0 Å². The van der Waals surface area contributed by atoms with Crippen LogP contribution in [-0.4, -0.2) is 31.5 Å². The molecular formula is C21H28FN3O3P4. The quantitative estimate of drug-likeness (QED) is 0.334. The van der Waals surface area contributed by atoms with E-state index in [-0.39, 0.29) is 24.0 Å². The second kappa shape index (κ2) is 11.6. The zero-order valence-corrected chi connectivity index (χ0v) is 23.0. The van der Waals surface area contributed by atoms with Crippen molar-refractivity contribution < 1.29 is 18.9 Å². The summed E-state index contributed by atoms with van der Waals surface area (Å²) >= 11 is 0. The second-order valence-corrected chi connectivity index (χ2v) is 12.6. The maximum absolute atomic E-state index is 14.3. The highest BCUT2D eigenvalue weighted by Gasteiger charge is 2.22. The van der Waals surface area contributed by atoms with Gasteiger partial charge in [-0.1, -0.05) is 28.5 Å². The van der Waals surface area contributed by atoms with Gasteiger partial charge in [0.1, 0.15) is 19.5 Å². The lowest BCUT2D eigenvalue weighted by Crippen LogP contribution is -2.29. The summed E-state index contributed by atoms with van der Waals surface area (Å²) in [6.07, 6.45) is 0. The summed E-state index contributed by atoms with van der Waals surface area (Å²) in [4.78, 5) is 22.8. The molecule has 4 atom stereocenters. The fourth-order valence-electron chi connectivity index (χ4n) is 3.03. The van der Waals surface area contributed by atoms with E-state index in [1.54, 1.807) is 19.1 Å². The lowest BCUT2D eigenvalue weighted by molar-refractivity contribution is -0.114. The van der Waals surface area contributed by atoms with E-state index >= 15 is 0 Å². The van der Waals surface area contributed by atoms with E-state index in [2.05, 4.69) is 52.6 Å². The van der Waals surface area contributed by atoms with E-state index < -0.39 is 4.64 Å². The fourth-order valence-corrected chi connectivity index (χ4v) is 4.00. The molecule has 1 N–H and O–H groups in total. The number of oxime groups is 2. The molecule has 0 aromatic heterocycles. The molecule has 0 aliphatic carbocycles. The number of nitrogens with zero attached hydrogens (tertiary/aromatic N) is 2. The Hall–Kier alpha value is -1.50. The Morgan fingerprint density at radius 2 is 1.88 bits per heavy atom. The SMILES string of the molecule is CNC(=O)/C(=N/OC)c1cccc(C)c1CO/N=C(\C)c1cc(F)c(P)cc1C(P)(P)P. The molecule has 11 heteroatoms. The van der Waals surface area contributed by atoms with Crippen LogP contribution in [0.15, 0.2) is 40.6 Å². The summed E-state index contributed by atoms with van der Waals surface area (Å²) in [5.74, 6) is -0.728. The number of hydrogen-bond donors (Lipinski definition) is 1. The molecule has 0 saturated heterocycles. The zero-order valence-electron chi connectivity index (χ0n) is 18.4. The van der Waals surface area contributed by atoms with Gasteiger partial charge in [0.2, 0.25) is 0 Å². The van der Waals surface area contributed by atoms with Gasteiger partial charge in [0.15, 0.2) is 5.71 Å². The molecule has 0 heterocycles. The van der Waals surface area contributed by atoms with Gasteiger partial charge in [0.25, 0.3) is 5.91 Å². The molecule has 4 unspecified atom stereocenters. The third-order valence-corrected chi connectivity index (χ3v) is 6.07. The Morgan fingerprint density at radius 3 is 2.47 bits per heavy atom. The first-order chi connectivity index (χ1) is 15.0. The van der Waals surface area contributed by atoms with E-state index in [9.17, 15) is 9.18 Å². The number of likely N-dealkylation sites (N-methyl/N-ethyl adjacent to an activating group) is 1. The van der Waals surface area contributed by atoms with Gasteiger partial charge in [-0.3, -0.25) is 4.79 Å². The number of amides is 1. The van der Waals surface area contributed by atoms with E-state index in [0.717, 1.165) is 16.7 Å². The van der Waals surface area contributed by atoms with Gasteiger partial charge in [-0.05, 0) is 37.1 Å². The molecule has 0 saturated carbocycles. The molecule has 0 spiro atoms. The average Bonchev–Trinajstić information content (AvgIpc) is 2.73. The van der Waals surface area contributed by atoms with Crippen LogP contribution in [0, 0.1) is 12.7 Å². The molecule has 6 nitrogen and oxygen atoms in total. The highest BCUT2D eigenvalue weighted by molar-refractivity contribution is 7.56. The van der Waals surface area contributed by atoms with Crippen molar-refractivity contribution in [2.45, 2.75) is 25.1 Å². The maximum atomic E-state index is 14.3. The predicted octanol–water partition coefficient (Wildman–Crippen LogP) is 3.41. The van der Waals surface area contributed by atoms with Crippen LogP contribution in [0.25, 0.3) is 0 Å². The van der Waals surface area contributed by atoms with Crippen molar-refractivity contribution in [3.8, 4) is 0 Å². The molecular weight excluding hydrogens is 485 g/mol. The topological polar surface area (TPSA) is 72.3 Å². The van der Waals surface area contributed by atoms with Gasteiger partial charge in [0, 0.05) is 33.7 Å². The molecule has 172 valence electrons. The van der Waals surface area contributed by atoms with Crippen molar-refractivity contribution in [2.75, 3.05) is 14.2 Å². The summed E-state index contributed by atoms with van der Waals surface area (Å²) in [7, 11) is 13.4. The van der Waals surface area contributed by atoms with Crippen molar-refractivity contribution in [1.29, 1.82) is 0 Å². The van der Waals surface area contributed by atoms with Crippen molar-refractivity contribution in [3.05, 3.63) is 64.0 Å². The minimum absolute atomic E-state index is 0.0897. The molecule has 0 radical (unpaired) electrons. The average molecular weight is 513 g/mol. The van der Waals surface area contributed by atoms with E-state index in [1.807, 2.05) is 19.1 Å². The highest BCUT2D eigenvalue weighted by atomic mass is 31.1. The lowest BCUT2D eigenvalue weighted by Gasteiger charge is -2.23. The fraction of sp³-hybridized carbons (Fsp3) is 0.286. The normalized spacial score (nSPS) is 12.5. The smallest absolute Gasteiger partial charge is 0.273 e. The summed E-state index contributed by atoms with van der Waals surface area (Å²) in [6, 6.07) is 8.71. The summed E-state index contributed by atoms with van der Waals surface area (Å²) in [5.41, 5.74) is 4.38. The number of halogens is 1. The van der Waals surface area contributed by atoms with Crippen LogP contribution >= 0.6 is 37.0 Å². The Morgan fingerprint density at radius 1 is 1.19 bits per heavy atom. The van der Waals surface area contributed by atoms with Crippen LogP contribution in [0.4, 0.5) is 4.39 Å². The van der Waals surface area contributed by atoms with Gasteiger partial charge >= 0.3 is 0 Å². The Kier molecular flexibility index (Phi) is 9.68. The van der Waals surface area contributed by atoms with E-state index in [1.165, 1.54) is 20.2 Å². The van der Waals surface area contributed by atoms with Crippen LogP contribution in [0.5, 0.6) is 0 Å². The second-order valence-electron chi connectivity index (χ2n) is 7.11. The minimum Gasteiger partial charge on any atom is -0.398 e. The van der Waals surface area contributed by atoms with Crippen LogP contribution in [0.1, 0.15) is 34.7 Å². The van der Waals surface area contributed by atoms with Gasteiger partial charge in [0.05, 0.1) is 5.71 Å². The van der Waals surface area contributed by atoms with Gasteiger partial charge in [-0.2, -0.15) is 0 Å². The van der Waals surface area contributed by atoms with E-state index in [4.69, 9.17) is 9.68 Å². The Labute approximate surface area is 197 Å². The third kappa shape index (κ3) is 6.52. The summed E-state index contributed by atoms with van der Waals surface area (Å²) in [5, 5.41) is 11.1. The number of benzene rings is 2. The number of rotatable bonds is 8. The number of carbonyl (C=O) groups excluding carboxylic acids is 1. The lowest BCUT2D eigenvalue weighted by atomic mass is 9.98. The minimum atomic E-state index is -0.451. The molecule has 0 aliphatic rings.